The molecule has 6 saturated carbocycles. The lowest BCUT2D eigenvalue weighted by atomic mass is 9.21. The van der Waals surface area contributed by atoms with Crippen LogP contribution in [0.3, 0.4) is 0 Å². The largest absolute Gasteiger partial charge is 0.172 e. The molecule has 0 amide bonds. The Morgan fingerprint density at radius 2 is 1.16 bits per heavy atom. The maximum absolute atomic E-state index is 2.79. The number of rotatable bonds is 4. The SMILES string of the molecule is C[C@@H]1C2CC(C[C@H]1B(/C(=C/C(C)(C)C)[Si](C)(C)C)[C@@H]1CC3CC([C@H]1C)C3(C)C)C2(C)C. The third-order valence-corrected chi connectivity index (χ3v) is 13.8. The molecule has 0 radical (unpaired) electrons. The summed E-state index contributed by atoms with van der Waals surface area (Å²) in [5, 5.41) is 1.95. The number of hydrogen-bond acceptors (Lipinski definition) is 0. The third kappa shape index (κ3) is 3.78. The van der Waals surface area contributed by atoms with E-state index in [0.29, 0.717) is 10.8 Å². The fourth-order valence-corrected chi connectivity index (χ4v) is 11.7. The molecular weight excluding hydrogens is 387 g/mol. The predicted octanol–water partition coefficient (Wildman–Crippen LogP) is 9.01. The minimum Gasteiger partial charge on any atom is -0.113 e. The first-order valence-electron chi connectivity index (χ1n) is 13.7. The quantitative estimate of drug-likeness (QED) is 0.383. The van der Waals surface area contributed by atoms with Gasteiger partial charge in [-0.2, -0.15) is 0 Å². The Kier molecular flexibility index (Phi) is 5.66. The van der Waals surface area contributed by atoms with E-state index in [9.17, 15) is 0 Å². The predicted molar refractivity (Wildman–Crippen MR) is 142 cm³/mol. The Labute approximate surface area is 196 Å². The molecule has 0 aliphatic heterocycles. The zero-order valence-corrected chi connectivity index (χ0v) is 24.1. The summed E-state index contributed by atoms with van der Waals surface area (Å²) in [6.07, 6.45) is 8.83. The van der Waals surface area contributed by atoms with Crippen molar-refractivity contribution in [2.45, 2.75) is 119 Å². The minimum atomic E-state index is -1.41. The van der Waals surface area contributed by atoms with Crippen molar-refractivity contribution in [3.63, 3.8) is 0 Å². The van der Waals surface area contributed by atoms with Gasteiger partial charge in [0.1, 0.15) is 0 Å². The van der Waals surface area contributed by atoms with Crippen LogP contribution in [0.15, 0.2) is 11.2 Å². The van der Waals surface area contributed by atoms with E-state index in [1.165, 1.54) is 25.7 Å². The second-order valence-corrected chi connectivity index (χ2v) is 21.1. The van der Waals surface area contributed by atoms with Gasteiger partial charge in [-0.15, -0.1) is 5.10 Å². The molecule has 31 heavy (non-hydrogen) atoms. The summed E-state index contributed by atoms with van der Waals surface area (Å²) in [6.45, 7) is 31.8. The van der Waals surface area contributed by atoms with Crippen LogP contribution in [0.25, 0.3) is 0 Å². The minimum absolute atomic E-state index is 0.286. The second-order valence-electron chi connectivity index (χ2n) is 16.0. The lowest BCUT2D eigenvalue weighted by Gasteiger charge is -2.67. The van der Waals surface area contributed by atoms with Crippen LogP contribution >= 0.6 is 0 Å². The highest BCUT2D eigenvalue weighted by Gasteiger charge is 2.63. The van der Waals surface area contributed by atoms with Crippen LogP contribution in [-0.2, 0) is 0 Å². The van der Waals surface area contributed by atoms with Crippen LogP contribution in [0.5, 0.6) is 0 Å². The Bertz CT molecular complexity index is 691. The van der Waals surface area contributed by atoms with Gasteiger partial charge in [-0.3, -0.25) is 0 Å². The van der Waals surface area contributed by atoms with E-state index in [4.69, 9.17) is 0 Å². The Balaban J connectivity index is 1.76. The summed E-state index contributed by atoms with van der Waals surface area (Å²) in [7, 11) is -1.41. The summed E-state index contributed by atoms with van der Waals surface area (Å²) >= 11 is 0. The first-order valence-corrected chi connectivity index (χ1v) is 17.2. The fourth-order valence-electron chi connectivity index (χ4n) is 9.39. The highest BCUT2D eigenvalue weighted by atomic mass is 28.3. The van der Waals surface area contributed by atoms with Gasteiger partial charge in [-0.25, -0.2) is 0 Å². The molecule has 0 N–H and O–H groups in total. The maximum atomic E-state index is 2.79. The topological polar surface area (TPSA) is 0 Å². The summed E-state index contributed by atoms with van der Waals surface area (Å²) < 4.78 is 0. The number of hydrogen-bond donors (Lipinski definition) is 0. The van der Waals surface area contributed by atoms with Crippen molar-refractivity contribution in [2.24, 2.45) is 51.8 Å². The summed E-state index contributed by atoms with van der Waals surface area (Å²) in [4.78, 5) is 0. The molecule has 4 unspecified atom stereocenters. The zero-order chi connectivity index (χ0) is 23.3. The molecule has 6 aliphatic rings. The molecule has 0 nitrogen and oxygen atoms in total. The average Bonchev–Trinajstić information content (AvgIpc) is 2.60. The van der Waals surface area contributed by atoms with Crippen molar-refractivity contribution in [3.8, 4) is 0 Å². The van der Waals surface area contributed by atoms with Crippen LogP contribution in [0.1, 0.15) is 88.0 Å². The maximum Gasteiger partial charge on any atom is 0.172 e. The van der Waals surface area contributed by atoms with Gasteiger partial charge in [-0.05, 0) is 64.6 Å². The molecule has 0 heterocycles. The van der Waals surface area contributed by atoms with E-state index in [0.717, 1.165) is 53.9 Å². The molecule has 0 spiro atoms. The van der Waals surface area contributed by atoms with Gasteiger partial charge >= 0.3 is 0 Å². The van der Waals surface area contributed by atoms with Crippen LogP contribution in [0, 0.1) is 51.8 Å². The van der Waals surface area contributed by atoms with Crippen molar-refractivity contribution in [3.05, 3.63) is 11.2 Å². The zero-order valence-electron chi connectivity index (χ0n) is 23.1. The molecule has 6 fully saturated rings. The lowest BCUT2D eigenvalue weighted by Crippen LogP contribution is -2.61. The van der Waals surface area contributed by atoms with Crippen molar-refractivity contribution >= 4 is 14.8 Å². The lowest BCUT2D eigenvalue weighted by molar-refractivity contribution is -0.107. The van der Waals surface area contributed by atoms with Gasteiger partial charge in [0, 0.05) is 0 Å². The second kappa shape index (κ2) is 7.26. The first kappa shape index (κ1) is 24.2. The molecule has 8 atom stereocenters. The molecule has 4 bridgehead atoms. The smallest absolute Gasteiger partial charge is 0.113 e. The van der Waals surface area contributed by atoms with E-state index in [-0.39, 0.29) is 5.41 Å². The molecule has 0 aromatic carbocycles. The summed E-state index contributed by atoms with van der Waals surface area (Å²) in [6, 6.07) is 0. The van der Waals surface area contributed by atoms with Crippen LogP contribution in [0.2, 0.25) is 31.3 Å². The third-order valence-electron chi connectivity index (χ3n) is 11.6. The molecule has 2 heteroatoms. The standard InChI is InChI=1S/C29H53BSi/c1-18-22-13-20(28(22,6)7)15-24(18)30(26(31(10,11)12)17-27(3,4)5)25-16-21-14-23(19(25)2)29(21,8)9/h17-25H,13-16H2,1-12H3/b26-17-/t18-,19-,20?,21?,22?,23?,24-,25-/m1/s1. The Morgan fingerprint density at radius 3 is 1.42 bits per heavy atom. The number of allylic oxidation sites excluding steroid dienone is 1. The van der Waals surface area contributed by atoms with Crippen LogP contribution < -0.4 is 0 Å². The fraction of sp³-hybridized carbons (Fsp3) is 0.931. The van der Waals surface area contributed by atoms with E-state index in [1.807, 2.05) is 5.10 Å². The van der Waals surface area contributed by atoms with Gasteiger partial charge in [0.2, 0.25) is 0 Å². The van der Waals surface area contributed by atoms with Gasteiger partial charge < -0.3 is 0 Å². The van der Waals surface area contributed by atoms with Gasteiger partial charge in [0.25, 0.3) is 0 Å². The van der Waals surface area contributed by atoms with Crippen LogP contribution in [0.4, 0.5) is 0 Å². The molecule has 6 aliphatic carbocycles. The van der Waals surface area contributed by atoms with Crippen molar-refractivity contribution in [1.29, 1.82) is 0 Å². The van der Waals surface area contributed by atoms with Crippen LogP contribution in [-0.4, -0.2) is 14.8 Å². The van der Waals surface area contributed by atoms with E-state index < -0.39 is 8.07 Å². The van der Waals surface area contributed by atoms with Crippen molar-refractivity contribution in [2.75, 3.05) is 0 Å². The molecule has 0 saturated heterocycles. The normalized spacial score (nSPS) is 43.7. The Morgan fingerprint density at radius 1 is 0.774 bits per heavy atom. The van der Waals surface area contributed by atoms with Gasteiger partial charge in [-0.1, -0.05) is 113 Å². The van der Waals surface area contributed by atoms with Gasteiger partial charge in [0.15, 0.2) is 6.71 Å². The molecule has 0 aromatic rings. The van der Waals surface area contributed by atoms with E-state index in [2.05, 4.69) is 88.0 Å². The number of fused-ring (bicyclic) bond motifs is 4. The molecular formula is C29H53BSi. The molecule has 0 aromatic heterocycles. The summed E-state index contributed by atoms with van der Waals surface area (Å²) in [5.41, 5.74) is 1.47. The highest BCUT2D eigenvalue weighted by Crippen LogP contribution is 2.70. The first-order chi connectivity index (χ1) is 14.0. The molecule has 6 rings (SSSR count). The monoisotopic (exact) mass is 440 g/mol. The van der Waals surface area contributed by atoms with E-state index in [1.54, 1.807) is 0 Å². The highest BCUT2D eigenvalue weighted by molar-refractivity contribution is 6.99. The summed E-state index contributed by atoms with van der Waals surface area (Å²) in [5.74, 6) is 7.50. The van der Waals surface area contributed by atoms with Crippen molar-refractivity contribution in [1.82, 2.24) is 0 Å². The van der Waals surface area contributed by atoms with Crippen molar-refractivity contribution < 1.29 is 0 Å². The molecule has 176 valence electrons. The van der Waals surface area contributed by atoms with E-state index >= 15 is 0 Å². The Hall–Kier alpha value is 0.0218. The average molecular weight is 441 g/mol. The van der Waals surface area contributed by atoms with Gasteiger partial charge in [0.05, 0.1) is 8.07 Å².